The quantitative estimate of drug-likeness (QED) is 0.598. The van der Waals surface area contributed by atoms with E-state index >= 15 is 0 Å². The zero-order valence-corrected chi connectivity index (χ0v) is 9.59. The first-order valence-corrected chi connectivity index (χ1v) is 5.95. The smallest absolute Gasteiger partial charge is 0.293 e. The minimum atomic E-state index is 0.583. The summed E-state index contributed by atoms with van der Waals surface area (Å²) in [6.07, 6.45) is 3.44. The zero-order chi connectivity index (χ0) is 10.5. The van der Waals surface area contributed by atoms with Gasteiger partial charge in [-0.3, -0.25) is 0 Å². The Morgan fingerprint density at radius 3 is 2.80 bits per heavy atom. The van der Waals surface area contributed by atoms with Crippen LogP contribution in [0.5, 0.6) is 5.19 Å². The minimum absolute atomic E-state index is 0.583. The molecule has 0 aliphatic rings. The van der Waals surface area contributed by atoms with E-state index < -0.39 is 0 Å². The average molecular weight is 240 g/mol. The van der Waals surface area contributed by atoms with E-state index in [9.17, 15) is 0 Å². The molecule has 0 aliphatic heterocycles. The maximum atomic E-state index is 4.95. The summed E-state index contributed by atoms with van der Waals surface area (Å²) in [5.41, 5.74) is 0. The van der Waals surface area contributed by atoms with Crippen LogP contribution in [0.2, 0.25) is 0 Å². The Morgan fingerprint density at radius 2 is 2.13 bits per heavy atom. The summed E-state index contributed by atoms with van der Waals surface area (Å²) < 4.78 is 4.95. The molecule has 7 heteroatoms. The molecule has 0 radical (unpaired) electrons. The number of ether oxygens (including phenoxy) is 1. The number of hydrogen-bond acceptors (Lipinski definition) is 7. The van der Waals surface area contributed by atoms with Crippen molar-refractivity contribution in [1.29, 1.82) is 0 Å². The Hall–Kier alpha value is -1.21. The molecule has 0 aromatic carbocycles. The summed E-state index contributed by atoms with van der Waals surface area (Å²) in [5, 5.41) is 10.0. The molecule has 2 aromatic heterocycles. The van der Waals surface area contributed by atoms with Gasteiger partial charge in [0.15, 0.2) is 5.16 Å². The van der Waals surface area contributed by atoms with Crippen molar-refractivity contribution in [3.63, 3.8) is 0 Å². The summed E-state index contributed by atoms with van der Waals surface area (Å²) in [4.78, 5) is 8.20. The molecule has 0 aliphatic carbocycles. The number of rotatable bonds is 4. The second-order valence-electron chi connectivity index (χ2n) is 2.49. The van der Waals surface area contributed by atoms with Crippen molar-refractivity contribution in [3.8, 4) is 5.19 Å². The fraction of sp³-hybridized carbons (Fsp3) is 0.250. The normalized spacial score (nSPS) is 10.2. The Bertz CT molecular complexity index is 420. The van der Waals surface area contributed by atoms with Gasteiger partial charge in [-0.1, -0.05) is 23.1 Å². The first-order chi connectivity index (χ1) is 7.38. The highest BCUT2D eigenvalue weighted by molar-refractivity contribution is 7.98. The van der Waals surface area contributed by atoms with E-state index in [0.717, 1.165) is 10.2 Å². The van der Waals surface area contributed by atoms with Crippen LogP contribution < -0.4 is 4.74 Å². The molecule has 2 heterocycles. The monoisotopic (exact) mass is 240 g/mol. The van der Waals surface area contributed by atoms with Crippen LogP contribution in [-0.2, 0) is 5.75 Å². The highest BCUT2D eigenvalue weighted by atomic mass is 32.2. The van der Waals surface area contributed by atoms with E-state index in [1.807, 2.05) is 0 Å². The third kappa shape index (κ3) is 2.87. The van der Waals surface area contributed by atoms with Crippen molar-refractivity contribution in [2.75, 3.05) is 7.11 Å². The summed E-state index contributed by atoms with van der Waals surface area (Å²) in [7, 11) is 1.58. The molecule has 0 N–H and O–H groups in total. The Kier molecular flexibility index (Phi) is 3.46. The number of methoxy groups -OCH3 is 1. The zero-order valence-electron chi connectivity index (χ0n) is 7.95. The molecule has 0 bridgehead atoms. The highest BCUT2D eigenvalue weighted by Crippen LogP contribution is 2.23. The van der Waals surface area contributed by atoms with E-state index in [1.165, 1.54) is 23.1 Å². The van der Waals surface area contributed by atoms with Gasteiger partial charge < -0.3 is 4.74 Å². The van der Waals surface area contributed by atoms with Gasteiger partial charge in [0.05, 0.1) is 12.9 Å². The predicted octanol–water partition coefficient (Wildman–Crippen LogP) is 1.63. The van der Waals surface area contributed by atoms with Crippen LogP contribution in [0.1, 0.15) is 5.01 Å². The molecule has 0 amide bonds. The number of hydrogen-bond donors (Lipinski definition) is 0. The van der Waals surface area contributed by atoms with Crippen molar-refractivity contribution in [2.24, 2.45) is 0 Å². The number of nitrogens with zero attached hydrogens (tertiary/aromatic N) is 4. The van der Waals surface area contributed by atoms with Gasteiger partial charge in [-0.2, -0.15) is 0 Å². The van der Waals surface area contributed by atoms with Crippen LogP contribution in [0.3, 0.4) is 0 Å². The fourth-order valence-corrected chi connectivity index (χ4v) is 2.31. The topological polar surface area (TPSA) is 60.8 Å². The summed E-state index contributed by atoms with van der Waals surface area (Å²) in [5.74, 6) is 0.713. The lowest BCUT2D eigenvalue weighted by molar-refractivity contribution is 0.407. The van der Waals surface area contributed by atoms with Gasteiger partial charge in [0, 0.05) is 12.4 Å². The molecule has 0 atom stereocenters. The van der Waals surface area contributed by atoms with E-state index in [-0.39, 0.29) is 0 Å². The Morgan fingerprint density at radius 1 is 1.33 bits per heavy atom. The molecule has 78 valence electrons. The second kappa shape index (κ2) is 5.04. The summed E-state index contributed by atoms with van der Waals surface area (Å²) in [6, 6.07) is 1.79. The van der Waals surface area contributed by atoms with Crippen LogP contribution in [0.4, 0.5) is 0 Å². The maximum Gasteiger partial charge on any atom is 0.293 e. The van der Waals surface area contributed by atoms with E-state index in [0.29, 0.717) is 10.9 Å². The van der Waals surface area contributed by atoms with Gasteiger partial charge in [-0.25, -0.2) is 9.97 Å². The van der Waals surface area contributed by atoms with Gasteiger partial charge in [-0.15, -0.1) is 10.2 Å². The highest BCUT2D eigenvalue weighted by Gasteiger charge is 2.05. The third-order valence-electron chi connectivity index (χ3n) is 1.49. The third-order valence-corrected chi connectivity index (χ3v) is 3.44. The first-order valence-electron chi connectivity index (χ1n) is 4.14. The predicted molar refractivity (Wildman–Crippen MR) is 58.1 cm³/mol. The molecule has 15 heavy (non-hydrogen) atoms. The van der Waals surface area contributed by atoms with Gasteiger partial charge >= 0.3 is 0 Å². The van der Waals surface area contributed by atoms with Crippen LogP contribution in [0, 0.1) is 0 Å². The SMILES string of the molecule is COc1nnc(CSc2ncccn2)s1. The minimum Gasteiger partial charge on any atom is -0.472 e. The average Bonchev–Trinajstić information content (AvgIpc) is 2.76. The van der Waals surface area contributed by atoms with Crippen LogP contribution in [0.15, 0.2) is 23.6 Å². The van der Waals surface area contributed by atoms with Gasteiger partial charge in [0.2, 0.25) is 0 Å². The Balaban J connectivity index is 1.93. The molecular weight excluding hydrogens is 232 g/mol. The van der Waals surface area contributed by atoms with Crippen LogP contribution >= 0.6 is 23.1 Å². The molecular formula is C8H8N4OS2. The molecule has 0 unspecified atom stereocenters. The van der Waals surface area contributed by atoms with Gasteiger partial charge in [-0.05, 0) is 6.07 Å². The molecule has 0 spiro atoms. The van der Waals surface area contributed by atoms with Crippen molar-refractivity contribution in [3.05, 3.63) is 23.5 Å². The standard InChI is InChI=1S/C8H8N4OS2/c1-13-8-12-11-6(15-8)5-14-7-9-3-2-4-10-7/h2-4H,5H2,1H3. The van der Waals surface area contributed by atoms with Crippen LogP contribution in [0.25, 0.3) is 0 Å². The number of thioether (sulfide) groups is 1. The molecule has 0 saturated heterocycles. The second-order valence-corrected chi connectivity index (χ2v) is 4.45. The molecule has 5 nitrogen and oxygen atoms in total. The van der Waals surface area contributed by atoms with E-state index in [1.54, 1.807) is 25.6 Å². The van der Waals surface area contributed by atoms with Gasteiger partial charge in [0.1, 0.15) is 5.01 Å². The lowest BCUT2D eigenvalue weighted by Gasteiger charge is -1.94. The number of aromatic nitrogens is 4. The summed E-state index contributed by atoms with van der Waals surface area (Å²) >= 11 is 2.96. The molecule has 0 fully saturated rings. The van der Waals surface area contributed by atoms with E-state index in [4.69, 9.17) is 4.74 Å². The Labute approximate surface area is 94.9 Å². The van der Waals surface area contributed by atoms with Crippen molar-refractivity contribution < 1.29 is 4.74 Å². The largest absolute Gasteiger partial charge is 0.472 e. The van der Waals surface area contributed by atoms with Crippen molar-refractivity contribution >= 4 is 23.1 Å². The first kappa shape index (κ1) is 10.3. The van der Waals surface area contributed by atoms with Crippen molar-refractivity contribution in [2.45, 2.75) is 10.9 Å². The van der Waals surface area contributed by atoms with Gasteiger partial charge in [0.25, 0.3) is 5.19 Å². The molecule has 2 rings (SSSR count). The lowest BCUT2D eigenvalue weighted by Crippen LogP contribution is -1.85. The van der Waals surface area contributed by atoms with Crippen LogP contribution in [-0.4, -0.2) is 27.3 Å². The van der Waals surface area contributed by atoms with E-state index in [2.05, 4.69) is 20.2 Å². The summed E-state index contributed by atoms with van der Waals surface area (Å²) in [6.45, 7) is 0. The molecule has 0 saturated carbocycles. The fourth-order valence-electron chi connectivity index (χ4n) is 0.865. The lowest BCUT2D eigenvalue weighted by atomic mass is 10.7. The maximum absolute atomic E-state index is 4.95. The molecule has 2 aromatic rings. The van der Waals surface area contributed by atoms with Crippen molar-refractivity contribution in [1.82, 2.24) is 20.2 Å².